The maximum absolute atomic E-state index is 12.7. The Balaban J connectivity index is 1.80. The fourth-order valence-electron chi connectivity index (χ4n) is 2.70. The zero-order valence-electron chi connectivity index (χ0n) is 16.1. The van der Waals surface area contributed by atoms with E-state index >= 15 is 0 Å². The molecule has 0 atom stereocenters. The summed E-state index contributed by atoms with van der Waals surface area (Å²) in [7, 11) is 1.54. The van der Waals surface area contributed by atoms with Crippen LogP contribution in [0.25, 0.3) is 0 Å². The molecule has 0 spiro atoms. The second kappa shape index (κ2) is 9.36. The molecule has 7 heteroatoms. The van der Waals surface area contributed by atoms with Crippen LogP contribution in [0.15, 0.2) is 66.9 Å². The summed E-state index contributed by atoms with van der Waals surface area (Å²) >= 11 is 0. The standard InChI is InChI=1S/C22H21N3O4/c1-3-29-22(27)16-8-4-5-9-17(16)24-20-14-15(12-13-23-20)21(26)25-18-10-6-7-11-19(18)28-2/h4-14H,3H2,1-2H3,(H,23,24)(H,25,26). The Kier molecular flexibility index (Phi) is 6.42. The van der Waals surface area contributed by atoms with Gasteiger partial charge in [-0.25, -0.2) is 9.78 Å². The molecule has 0 radical (unpaired) electrons. The summed E-state index contributed by atoms with van der Waals surface area (Å²) in [5, 5.41) is 5.90. The lowest BCUT2D eigenvalue weighted by Crippen LogP contribution is -2.13. The molecule has 0 aliphatic rings. The lowest BCUT2D eigenvalue weighted by atomic mass is 10.1. The van der Waals surface area contributed by atoms with Crippen LogP contribution in [0.3, 0.4) is 0 Å². The molecule has 2 aromatic carbocycles. The SMILES string of the molecule is CCOC(=O)c1ccccc1Nc1cc(C(=O)Nc2ccccc2OC)ccn1. The molecule has 0 saturated heterocycles. The number of nitrogens with one attached hydrogen (secondary N) is 2. The summed E-state index contributed by atoms with van der Waals surface area (Å²) in [5.74, 6) is 0.255. The number of anilines is 3. The summed E-state index contributed by atoms with van der Waals surface area (Å²) in [6, 6.07) is 17.3. The van der Waals surface area contributed by atoms with Crippen LogP contribution < -0.4 is 15.4 Å². The molecule has 3 aromatic rings. The Labute approximate surface area is 168 Å². The third kappa shape index (κ3) is 4.90. The highest BCUT2D eigenvalue weighted by molar-refractivity contribution is 6.05. The molecule has 7 nitrogen and oxygen atoms in total. The predicted octanol–water partition coefficient (Wildman–Crippen LogP) is 4.26. The van der Waals surface area contributed by atoms with Crippen LogP contribution in [0.4, 0.5) is 17.2 Å². The molecule has 0 aliphatic carbocycles. The van der Waals surface area contributed by atoms with E-state index in [4.69, 9.17) is 9.47 Å². The number of pyridine rings is 1. The number of methoxy groups -OCH3 is 1. The van der Waals surface area contributed by atoms with Crippen molar-refractivity contribution in [1.29, 1.82) is 0 Å². The van der Waals surface area contributed by atoms with Gasteiger partial charge in [0, 0.05) is 11.8 Å². The minimum absolute atomic E-state index is 0.282. The summed E-state index contributed by atoms with van der Waals surface area (Å²) in [6.07, 6.45) is 1.52. The van der Waals surface area contributed by atoms with Crippen LogP contribution in [0.5, 0.6) is 5.75 Å². The molecule has 0 unspecified atom stereocenters. The number of rotatable bonds is 7. The van der Waals surface area contributed by atoms with Gasteiger partial charge in [0.25, 0.3) is 5.91 Å². The molecular weight excluding hydrogens is 370 g/mol. The number of carbonyl (C=O) groups is 2. The first-order chi connectivity index (χ1) is 14.1. The van der Waals surface area contributed by atoms with Gasteiger partial charge in [0.1, 0.15) is 11.6 Å². The molecule has 0 saturated carbocycles. The van der Waals surface area contributed by atoms with Gasteiger partial charge in [-0.15, -0.1) is 0 Å². The molecule has 3 rings (SSSR count). The molecule has 0 bridgehead atoms. The van der Waals surface area contributed by atoms with E-state index in [1.54, 1.807) is 62.6 Å². The average Bonchev–Trinajstić information content (AvgIpc) is 2.75. The second-order valence-corrected chi connectivity index (χ2v) is 5.98. The van der Waals surface area contributed by atoms with Gasteiger partial charge in [-0.2, -0.15) is 0 Å². The topological polar surface area (TPSA) is 89.5 Å². The number of aromatic nitrogens is 1. The average molecular weight is 391 g/mol. The smallest absolute Gasteiger partial charge is 0.340 e. The quantitative estimate of drug-likeness (QED) is 0.585. The van der Waals surface area contributed by atoms with Crippen molar-refractivity contribution in [2.24, 2.45) is 0 Å². The lowest BCUT2D eigenvalue weighted by Gasteiger charge is -2.12. The Morgan fingerprint density at radius 3 is 2.48 bits per heavy atom. The summed E-state index contributed by atoms with van der Waals surface area (Å²) in [6.45, 7) is 2.03. The van der Waals surface area contributed by atoms with Crippen LogP contribution in [-0.4, -0.2) is 30.6 Å². The maximum atomic E-state index is 12.7. The molecular formula is C22H21N3O4. The van der Waals surface area contributed by atoms with E-state index in [1.807, 2.05) is 12.1 Å². The molecule has 1 heterocycles. The van der Waals surface area contributed by atoms with Crippen molar-refractivity contribution in [1.82, 2.24) is 4.98 Å². The van der Waals surface area contributed by atoms with E-state index < -0.39 is 5.97 Å². The molecule has 0 aliphatic heterocycles. The maximum Gasteiger partial charge on any atom is 0.340 e. The molecule has 29 heavy (non-hydrogen) atoms. The lowest BCUT2D eigenvalue weighted by molar-refractivity contribution is 0.0527. The molecule has 148 valence electrons. The zero-order chi connectivity index (χ0) is 20.6. The Morgan fingerprint density at radius 2 is 1.72 bits per heavy atom. The minimum Gasteiger partial charge on any atom is -0.495 e. The normalized spacial score (nSPS) is 10.1. The number of benzene rings is 2. The molecule has 1 amide bonds. The first-order valence-corrected chi connectivity index (χ1v) is 9.06. The van der Waals surface area contributed by atoms with Gasteiger partial charge in [-0.05, 0) is 43.3 Å². The highest BCUT2D eigenvalue weighted by Crippen LogP contribution is 2.25. The van der Waals surface area contributed by atoms with Crippen molar-refractivity contribution in [3.8, 4) is 5.75 Å². The number of hydrogen-bond donors (Lipinski definition) is 2. The van der Waals surface area contributed by atoms with E-state index in [0.29, 0.717) is 34.1 Å². The molecule has 1 aromatic heterocycles. The van der Waals surface area contributed by atoms with Gasteiger partial charge in [0.15, 0.2) is 0 Å². The van der Waals surface area contributed by atoms with Crippen LogP contribution in [0, 0.1) is 0 Å². The van der Waals surface area contributed by atoms with Gasteiger partial charge < -0.3 is 20.1 Å². The fraction of sp³-hybridized carbons (Fsp3) is 0.136. The number of para-hydroxylation sites is 3. The zero-order valence-corrected chi connectivity index (χ0v) is 16.1. The number of ether oxygens (including phenoxy) is 2. The molecule has 2 N–H and O–H groups in total. The fourth-order valence-corrected chi connectivity index (χ4v) is 2.70. The summed E-state index contributed by atoms with van der Waals surface area (Å²) < 4.78 is 10.3. The van der Waals surface area contributed by atoms with E-state index in [9.17, 15) is 9.59 Å². The Hall–Kier alpha value is -3.87. The van der Waals surface area contributed by atoms with Gasteiger partial charge in [0.2, 0.25) is 0 Å². The third-order valence-corrected chi connectivity index (χ3v) is 4.06. The number of nitrogens with zero attached hydrogens (tertiary/aromatic N) is 1. The van der Waals surface area contributed by atoms with E-state index in [-0.39, 0.29) is 12.5 Å². The van der Waals surface area contributed by atoms with Crippen LogP contribution in [-0.2, 0) is 4.74 Å². The van der Waals surface area contributed by atoms with E-state index in [0.717, 1.165) is 0 Å². The Morgan fingerprint density at radius 1 is 1.00 bits per heavy atom. The highest BCUT2D eigenvalue weighted by atomic mass is 16.5. The van der Waals surface area contributed by atoms with Crippen molar-refractivity contribution in [2.75, 3.05) is 24.4 Å². The van der Waals surface area contributed by atoms with Gasteiger partial charge in [-0.3, -0.25) is 4.79 Å². The van der Waals surface area contributed by atoms with Crippen molar-refractivity contribution in [2.45, 2.75) is 6.92 Å². The van der Waals surface area contributed by atoms with Crippen LogP contribution in [0.2, 0.25) is 0 Å². The van der Waals surface area contributed by atoms with E-state index in [1.165, 1.54) is 6.20 Å². The van der Waals surface area contributed by atoms with Gasteiger partial charge in [-0.1, -0.05) is 24.3 Å². The number of esters is 1. The largest absolute Gasteiger partial charge is 0.495 e. The minimum atomic E-state index is -0.430. The van der Waals surface area contributed by atoms with Crippen molar-refractivity contribution < 1.29 is 19.1 Å². The highest BCUT2D eigenvalue weighted by Gasteiger charge is 2.14. The van der Waals surface area contributed by atoms with Crippen molar-refractivity contribution >= 4 is 29.1 Å². The predicted molar refractivity (Wildman–Crippen MR) is 111 cm³/mol. The van der Waals surface area contributed by atoms with Crippen LogP contribution >= 0.6 is 0 Å². The van der Waals surface area contributed by atoms with Gasteiger partial charge >= 0.3 is 5.97 Å². The van der Waals surface area contributed by atoms with E-state index in [2.05, 4.69) is 15.6 Å². The summed E-state index contributed by atoms with van der Waals surface area (Å²) in [5.41, 5.74) is 1.90. The molecule has 0 fully saturated rings. The summed E-state index contributed by atoms with van der Waals surface area (Å²) in [4.78, 5) is 29.0. The number of carbonyl (C=O) groups excluding carboxylic acids is 2. The first-order valence-electron chi connectivity index (χ1n) is 9.06. The first kappa shape index (κ1) is 19.9. The van der Waals surface area contributed by atoms with Crippen molar-refractivity contribution in [3.63, 3.8) is 0 Å². The van der Waals surface area contributed by atoms with Gasteiger partial charge in [0.05, 0.1) is 30.7 Å². The van der Waals surface area contributed by atoms with Crippen LogP contribution in [0.1, 0.15) is 27.6 Å². The number of hydrogen-bond acceptors (Lipinski definition) is 6. The third-order valence-electron chi connectivity index (χ3n) is 4.06. The Bertz CT molecular complexity index is 1020. The monoisotopic (exact) mass is 391 g/mol. The van der Waals surface area contributed by atoms with Crippen molar-refractivity contribution in [3.05, 3.63) is 78.0 Å². The number of amides is 1. The second-order valence-electron chi connectivity index (χ2n) is 5.98.